The smallest absolute Gasteiger partial charge is 0.410 e. The highest BCUT2D eigenvalue weighted by Crippen LogP contribution is 2.39. The molecule has 1 heterocycles. The first-order valence-corrected chi connectivity index (χ1v) is 7.90. The van der Waals surface area contributed by atoms with Crippen LogP contribution in [0, 0.1) is 5.92 Å². The third kappa shape index (κ3) is 3.31. The van der Waals surface area contributed by atoms with E-state index in [1.165, 1.54) is 19.3 Å². The zero-order chi connectivity index (χ0) is 13.7. The van der Waals surface area contributed by atoms with Crippen LogP contribution < -0.4 is 0 Å². The number of rotatable bonds is 5. The lowest BCUT2D eigenvalue weighted by molar-refractivity contribution is 0.0629. The minimum atomic E-state index is -0.0886. The molecule has 0 aromatic rings. The molecule has 1 aliphatic carbocycles. The third-order valence-corrected chi connectivity index (χ3v) is 4.37. The van der Waals surface area contributed by atoms with Gasteiger partial charge in [-0.15, -0.1) is 0 Å². The Bertz CT molecular complexity index is 338. The third-order valence-electron chi connectivity index (χ3n) is 4.37. The molecular formula is C16H27NO2. The first-order chi connectivity index (χ1) is 9.27. The summed E-state index contributed by atoms with van der Waals surface area (Å²) in [6.45, 7) is 5.79. The standard InChI is InChI=1S/C16H27NO2/c1-3-5-12-19-16(18)17-11-6-8-14-13(7-4-2)9-10-15(14)17/h9,14-15H,3-8,10-12H2,1-2H3. The van der Waals surface area contributed by atoms with Crippen molar-refractivity contribution in [2.45, 2.75) is 64.8 Å². The lowest BCUT2D eigenvalue weighted by Crippen LogP contribution is -2.47. The van der Waals surface area contributed by atoms with E-state index in [1.807, 2.05) is 4.90 Å². The molecular weight excluding hydrogens is 238 g/mol. The summed E-state index contributed by atoms with van der Waals surface area (Å²) in [5, 5.41) is 0. The van der Waals surface area contributed by atoms with E-state index in [1.54, 1.807) is 5.57 Å². The number of hydrogen-bond donors (Lipinski definition) is 0. The number of nitrogens with zero attached hydrogens (tertiary/aromatic N) is 1. The first-order valence-electron chi connectivity index (χ1n) is 7.90. The number of unbranched alkanes of at least 4 members (excludes halogenated alkanes) is 1. The second-order valence-corrected chi connectivity index (χ2v) is 5.74. The van der Waals surface area contributed by atoms with Crippen LogP contribution in [0.5, 0.6) is 0 Å². The van der Waals surface area contributed by atoms with Crippen LogP contribution in [-0.2, 0) is 4.74 Å². The van der Waals surface area contributed by atoms with Crippen molar-refractivity contribution in [2.24, 2.45) is 5.92 Å². The van der Waals surface area contributed by atoms with Gasteiger partial charge in [0.2, 0.25) is 0 Å². The van der Waals surface area contributed by atoms with Gasteiger partial charge in [-0.1, -0.05) is 38.3 Å². The monoisotopic (exact) mass is 265 g/mol. The number of fused-ring (bicyclic) bond motifs is 1. The molecule has 2 unspecified atom stereocenters. The number of ether oxygens (including phenoxy) is 1. The Morgan fingerprint density at radius 3 is 3.00 bits per heavy atom. The summed E-state index contributed by atoms with van der Waals surface area (Å²) in [6, 6.07) is 0.379. The van der Waals surface area contributed by atoms with Crippen molar-refractivity contribution in [3.05, 3.63) is 11.6 Å². The van der Waals surface area contributed by atoms with Crippen molar-refractivity contribution in [2.75, 3.05) is 13.2 Å². The lowest BCUT2D eigenvalue weighted by Gasteiger charge is -2.38. The number of hydrogen-bond acceptors (Lipinski definition) is 2. The Kier molecular flexibility index (Phi) is 5.29. The van der Waals surface area contributed by atoms with E-state index in [9.17, 15) is 4.79 Å². The molecule has 108 valence electrons. The van der Waals surface area contributed by atoms with E-state index >= 15 is 0 Å². The van der Waals surface area contributed by atoms with Gasteiger partial charge in [0.25, 0.3) is 0 Å². The summed E-state index contributed by atoms with van der Waals surface area (Å²) in [4.78, 5) is 14.1. The maximum Gasteiger partial charge on any atom is 0.410 e. The largest absolute Gasteiger partial charge is 0.449 e. The Balaban J connectivity index is 1.91. The van der Waals surface area contributed by atoms with Gasteiger partial charge in [0.15, 0.2) is 0 Å². The molecule has 0 aromatic heterocycles. The zero-order valence-corrected chi connectivity index (χ0v) is 12.4. The number of carbonyl (C=O) groups excluding carboxylic acids is 1. The van der Waals surface area contributed by atoms with Crippen LogP contribution in [0.15, 0.2) is 11.6 Å². The average molecular weight is 265 g/mol. The van der Waals surface area contributed by atoms with E-state index in [-0.39, 0.29) is 6.09 Å². The quantitative estimate of drug-likeness (QED) is 0.552. The van der Waals surface area contributed by atoms with Gasteiger partial charge in [-0.3, -0.25) is 0 Å². The Morgan fingerprint density at radius 2 is 2.26 bits per heavy atom. The Labute approximate surface area is 117 Å². The summed E-state index contributed by atoms with van der Waals surface area (Å²) < 4.78 is 5.39. The topological polar surface area (TPSA) is 29.5 Å². The molecule has 0 spiro atoms. The highest BCUT2D eigenvalue weighted by atomic mass is 16.6. The number of amides is 1. The molecule has 0 bridgehead atoms. The van der Waals surface area contributed by atoms with Crippen LogP contribution in [0.3, 0.4) is 0 Å². The molecule has 0 N–H and O–H groups in total. The number of piperidine rings is 1. The fourth-order valence-corrected chi connectivity index (χ4v) is 3.39. The van der Waals surface area contributed by atoms with Crippen LogP contribution in [0.2, 0.25) is 0 Å². The molecule has 19 heavy (non-hydrogen) atoms. The maximum absolute atomic E-state index is 12.2. The number of carbonyl (C=O) groups is 1. The summed E-state index contributed by atoms with van der Waals surface area (Å²) in [7, 11) is 0. The van der Waals surface area contributed by atoms with Crippen LogP contribution in [0.25, 0.3) is 0 Å². The lowest BCUT2D eigenvalue weighted by atomic mass is 9.86. The van der Waals surface area contributed by atoms with E-state index in [0.717, 1.165) is 32.2 Å². The Morgan fingerprint density at radius 1 is 1.42 bits per heavy atom. The van der Waals surface area contributed by atoms with E-state index < -0.39 is 0 Å². The van der Waals surface area contributed by atoms with Crippen molar-refractivity contribution in [3.8, 4) is 0 Å². The van der Waals surface area contributed by atoms with Crippen molar-refractivity contribution >= 4 is 6.09 Å². The highest BCUT2D eigenvalue weighted by molar-refractivity contribution is 5.68. The van der Waals surface area contributed by atoms with Gasteiger partial charge in [-0.05, 0) is 32.1 Å². The number of likely N-dealkylation sites (tertiary alicyclic amines) is 1. The molecule has 2 atom stereocenters. The van der Waals surface area contributed by atoms with Crippen molar-refractivity contribution in [1.29, 1.82) is 0 Å². The minimum absolute atomic E-state index is 0.0886. The molecule has 1 amide bonds. The molecule has 0 aromatic carbocycles. The van der Waals surface area contributed by atoms with Gasteiger partial charge in [0.05, 0.1) is 6.61 Å². The highest BCUT2D eigenvalue weighted by Gasteiger charge is 2.38. The normalized spacial score (nSPS) is 26.0. The molecule has 1 aliphatic heterocycles. The average Bonchev–Trinajstić information content (AvgIpc) is 2.83. The molecule has 2 rings (SSSR count). The molecule has 0 radical (unpaired) electrons. The second-order valence-electron chi connectivity index (χ2n) is 5.74. The molecule has 2 aliphatic rings. The predicted octanol–water partition coefficient (Wildman–Crippen LogP) is 4.13. The van der Waals surface area contributed by atoms with Crippen LogP contribution in [0.1, 0.15) is 58.8 Å². The Hall–Kier alpha value is -0.990. The van der Waals surface area contributed by atoms with Gasteiger partial charge in [-0.25, -0.2) is 4.79 Å². The van der Waals surface area contributed by atoms with E-state index in [0.29, 0.717) is 18.6 Å². The molecule has 1 saturated heterocycles. The van der Waals surface area contributed by atoms with Gasteiger partial charge in [0, 0.05) is 18.5 Å². The SMILES string of the molecule is CCCCOC(=O)N1CCCC2C(CCC)=CCC21. The van der Waals surface area contributed by atoms with Crippen molar-refractivity contribution < 1.29 is 9.53 Å². The van der Waals surface area contributed by atoms with Crippen molar-refractivity contribution in [1.82, 2.24) is 4.90 Å². The van der Waals surface area contributed by atoms with E-state index in [2.05, 4.69) is 19.9 Å². The van der Waals surface area contributed by atoms with Crippen molar-refractivity contribution in [3.63, 3.8) is 0 Å². The molecule has 3 nitrogen and oxygen atoms in total. The zero-order valence-electron chi connectivity index (χ0n) is 12.4. The van der Waals surface area contributed by atoms with Crippen LogP contribution in [0.4, 0.5) is 4.79 Å². The van der Waals surface area contributed by atoms with Gasteiger partial charge in [-0.2, -0.15) is 0 Å². The predicted molar refractivity (Wildman–Crippen MR) is 77.1 cm³/mol. The summed E-state index contributed by atoms with van der Waals surface area (Å²) >= 11 is 0. The summed E-state index contributed by atoms with van der Waals surface area (Å²) in [5.41, 5.74) is 1.58. The second kappa shape index (κ2) is 6.97. The first kappa shape index (κ1) is 14.4. The summed E-state index contributed by atoms with van der Waals surface area (Å²) in [6.07, 6.45) is 10.1. The van der Waals surface area contributed by atoms with Gasteiger partial charge < -0.3 is 9.64 Å². The fraction of sp³-hybridized carbons (Fsp3) is 0.812. The van der Waals surface area contributed by atoms with Gasteiger partial charge >= 0.3 is 6.09 Å². The summed E-state index contributed by atoms with van der Waals surface area (Å²) in [5.74, 6) is 0.604. The van der Waals surface area contributed by atoms with E-state index in [4.69, 9.17) is 4.74 Å². The molecule has 1 fully saturated rings. The molecule has 0 saturated carbocycles. The fourth-order valence-electron chi connectivity index (χ4n) is 3.39. The van der Waals surface area contributed by atoms with Crippen LogP contribution in [-0.4, -0.2) is 30.2 Å². The molecule has 3 heteroatoms. The van der Waals surface area contributed by atoms with Crippen LogP contribution >= 0.6 is 0 Å². The maximum atomic E-state index is 12.2. The minimum Gasteiger partial charge on any atom is -0.449 e. The van der Waals surface area contributed by atoms with Gasteiger partial charge in [0.1, 0.15) is 0 Å².